The molecule has 10 rings (SSSR count). The van der Waals surface area contributed by atoms with Crippen molar-refractivity contribution >= 4 is 68.0 Å². The second kappa shape index (κ2) is 11.6. The molecule has 242 valence electrons. The van der Waals surface area contributed by atoms with E-state index in [2.05, 4.69) is 107 Å². The van der Waals surface area contributed by atoms with Crippen molar-refractivity contribution in [1.82, 2.24) is 0 Å². The lowest BCUT2D eigenvalue weighted by Gasteiger charge is -2.39. The van der Waals surface area contributed by atoms with Crippen LogP contribution in [0.15, 0.2) is 188 Å². The lowest BCUT2D eigenvalue weighted by atomic mass is 9.88. The Morgan fingerprint density at radius 3 is 1.69 bits per heavy atom. The van der Waals surface area contributed by atoms with E-state index in [-0.39, 0.29) is 0 Å². The topological polar surface area (TPSA) is 32.8 Å². The maximum atomic E-state index is 15.2. The van der Waals surface area contributed by atoms with Crippen LogP contribution in [-0.4, -0.2) is 0 Å². The van der Waals surface area contributed by atoms with Crippen molar-refractivity contribution < 1.29 is 9.30 Å². The Labute approximate surface area is 296 Å². The third-order valence-corrected chi connectivity index (χ3v) is 13.1. The quantitative estimate of drug-likeness (QED) is 0.170. The molecule has 0 bridgehead atoms. The SMILES string of the molecule is O=P(c1ccccc1)(c1ccccc1)c1ccc(N2c3ccc4c(c3-c3cccc5cccc2c35)N(c2ccccc2)c2ccccc2O4)cc1. The van der Waals surface area contributed by atoms with Gasteiger partial charge in [-0.2, -0.15) is 0 Å². The minimum Gasteiger partial charge on any atom is -0.453 e. The largest absolute Gasteiger partial charge is 0.453 e. The molecule has 0 amide bonds. The van der Waals surface area contributed by atoms with Gasteiger partial charge in [-0.25, -0.2) is 0 Å². The van der Waals surface area contributed by atoms with E-state index in [9.17, 15) is 0 Å². The summed E-state index contributed by atoms with van der Waals surface area (Å²) in [5, 5.41) is 4.77. The minimum atomic E-state index is -3.13. The lowest BCUT2D eigenvalue weighted by Crippen LogP contribution is -2.25. The van der Waals surface area contributed by atoms with Gasteiger partial charge < -0.3 is 19.1 Å². The van der Waals surface area contributed by atoms with Gasteiger partial charge in [0.1, 0.15) is 0 Å². The van der Waals surface area contributed by atoms with Gasteiger partial charge in [0.2, 0.25) is 0 Å². The van der Waals surface area contributed by atoms with Crippen LogP contribution in [0, 0.1) is 0 Å². The minimum absolute atomic E-state index is 0.796. The highest BCUT2D eigenvalue weighted by molar-refractivity contribution is 7.85. The molecule has 4 nitrogen and oxygen atoms in total. The Hall–Kier alpha value is -6.35. The molecule has 0 fully saturated rings. The first-order chi connectivity index (χ1) is 25.2. The monoisotopic (exact) mass is 674 g/mol. The smallest absolute Gasteiger partial charge is 0.171 e. The van der Waals surface area contributed by atoms with Crippen LogP contribution >= 0.6 is 7.14 Å². The van der Waals surface area contributed by atoms with Crippen LogP contribution in [0.2, 0.25) is 0 Å². The van der Waals surface area contributed by atoms with E-state index in [4.69, 9.17) is 4.74 Å². The molecule has 2 aliphatic heterocycles. The summed E-state index contributed by atoms with van der Waals surface area (Å²) in [5.41, 5.74) is 8.43. The summed E-state index contributed by atoms with van der Waals surface area (Å²) in [7, 11) is -3.13. The Morgan fingerprint density at radius 2 is 0.980 bits per heavy atom. The molecule has 0 saturated carbocycles. The van der Waals surface area contributed by atoms with Crippen molar-refractivity contribution in [3.63, 3.8) is 0 Å². The summed E-state index contributed by atoms with van der Waals surface area (Å²) < 4.78 is 21.9. The molecule has 0 unspecified atom stereocenters. The highest BCUT2D eigenvalue weighted by Crippen LogP contribution is 2.61. The molecule has 0 atom stereocenters. The molecule has 0 spiro atoms. The zero-order valence-corrected chi connectivity index (χ0v) is 28.5. The van der Waals surface area contributed by atoms with Crippen molar-refractivity contribution in [3.05, 3.63) is 188 Å². The van der Waals surface area contributed by atoms with E-state index in [0.29, 0.717) is 0 Å². The van der Waals surface area contributed by atoms with Gasteiger partial charge in [-0.1, -0.05) is 121 Å². The predicted molar refractivity (Wildman–Crippen MR) is 212 cm³/mol. The van der Waals surface area contributed by atoms with Crippen molar-refractivity contribution in [1.29, 1.82) is 0 Å². The van der Waals surface area contributed by atoms with Gasteiger partial charge in [-0.15, -0.1) is 0 Å². The molecule has 8 aromatic rings. The number of hydrogen-bond donors (Lipinski definition) is 0. The first-order valence-corrected chi connectivity index (χ1v) is 18.8. The number of benzene rings is 8. The van der Waals surface area contributed by atoms with Crippen molar-refractivity contribution in [2.75, 3.05) is 9.80 Å². The second-order valence-electron chi connectivity index (χ2n) is 12.9. The Kier molecular flexibility index (Phi) is 6.74. The lowest BCUT2D eigenvalue weighted by molar-refractivity contribution is 0.477. The van der Waals surface area contributed by atoms with Crippen molar-refractivity contribution in [2.24, 2.45) is 0 Å². The van der Waals surface area contributed by atoms with E-state index >= 15 is 4.57 Å². The van der Waals surface area contributed by atoms with E-state index < -0.39 is 7.14 Å². The third kappa shape index (κ3) is 4.50. The van der Waals surface area contributed by atoms with Gasteiger partial charge in [0, 0.05) is 38.2 Å². The van der Waals surface area contributed by atoms with E-state index in [1.807, 2.05) is 91.0 Å². The van der Waals surface area contributed by atoms with Crippen LogP contribution in [0.3, 0.4) is 0 Å². The van der Waals surface area contributed by atoms with Crippen LogP contribution in [0.5, 0.6) is 11.5 Å². The molecule has 0 N–H and O–H groups in total. The zero-order valence-electron chi connectivity index (χ0n) is 27.6. The van der Waals surface area contributed by atoms with Gasteiger partial charge in [-0.3, -0.25) is 0 Å². The molecule has 8 aromatic carbocycles. The maximum Gasteiger partial charge on any atom is 0.171 e. The number of para-hydroxylation sites is 3. The molecule has 2 heterocycles. The Balaban J connectivity index is 1.21. The molecule has 51 heavy (non-hydrogen) atoms. The average molecular weight is 675 g/mol. The fourth-order valence-corrected chi connectivity index (χ4v) is 10.4. The summed E-state index contributed by atoms with van der Waals surface area (Å²) in [4.78, 5) is 4.67. The molecular weight excluding hydrogens is 643 g/mol. The number of anilines is 6. The van der Waals surface area contributed by atoms with Crippen molar-refractivity contribution in [2.45, 2.75) is 0 Å². The highest BCUT2D eigenvalue weighted by atomic mass is 31.2. The molecule has 0 aromatic heterocycles. The summed E-state index contributed by atoms with van der Waals surface area (Å²) in [6.07, 6.45) is 0. The Morgan fingerprint density at radius 1 is 0.412 bits per heavy atom. The Bertz CT molecular complexity index is 2590. The molecule has 2 aliphatic rings. The average Bonchev–Trinajstić information content (AvgIpc) is 3.21. The number of fused-ring (bicyclic) bond motifs is 5. The highest BCUT2D eigenvalue weighted by Gasteiger charge is 2.36. The molecule has 0 radical (unpaired) electrons. The molecule has 0 aliphatic carbocycles. The van der Waals surface area contributed by atoms with Crippen LogP contribution in [0.25, 0.3) is 21.9 Å². The first-order valence-electron chi connectivity index (χ1n) is 17.1. The zero-order chi connectivity index (χ0) is 33.9. The fraction of sp³-hybridized carbons (Fsp3) is 0. The van der Waals surface area contributed by atoms with Crippen LogP contribution < -0.4 is 30.5 Å². The fourth-order valence-electron chi connectivity index (χ4n) is 7.79. The molecule has 5 heteroatoms. The van der Waals surface area contributed by atoms with Crippen LogP contribution in [0.1, 0.15) is 0 Å². The van der Waals surface area contributed by atoms with Crippen LogP contribution in [-0.2, 0) is 4.57 Å². The summed E-state index contributed by atoms with van der Waals surface area (Å²) in [5.74, 6) is 1.62. The third-order valence-electron chi connectivity index (χ3n) is 10.0. The standard InChI is InChI=1S/C46H31N2O2P/c49-51(35-18-6-2-7-19-35,36-20-8-3-9-21-36)37-28-26-34(27-29-37)47-40-24-13-15-32-14-12-22-38(44(32)40)45-41(47)30-31-43-46(45)48(33-16-4-1-5-17-33)39-23-10-11-25-42(39)50-43/h1-31H. The van der Waals surface area contributed by atoms with Crippen LogP contribution in [0.4, 0.5) is 34.1 Å². The number of rotatable bonds is 5. The van der Waals surface area contributed by atoms with Gasteiger partial charge in [0.15, 0.2) is 18.6 Å². The first kappa shape index (κ1) is 29.6. The molecular formula is C46H31N2O2P. The number of hydrogen-bond acceptors (Lipinski definition) is 4. The second-order valence-corrected chi connectivity index (χ2v) is 15.6. The predicted octanol–water partition coefficient (Wildman–Crippen LogP) is 11.5. The molecule has 0 saturated heterocycles. The van der Waals surface area contributed by atoms with Gasteiger partial charge in [-0.05, 0) is 77.7 Å². The number of nitrogens with zero attached hydrogens (tertiary/aromatic N) is 2. The summed E-state index contributed by atoms with van der Waals surface area (Å²) >= 11 is 0. The van der Waals surface area contributed by atoms with Crippen molar-refractivity contribution in [3.8, 4) is 22.6 Å². The van der Waals surface area contributed by atoms with E-state index in [1.54, 1.807) is 0 Å². The van der Waals surface area contributed by atoms with Gasteiger partial charge in [0.05, 0.1) is 22.7 Å². The summed E-state index contributed by atoms with van der Waals surface area (Å²) in [6.45, 7) is 0. The maximum absolute atomic E-state index is 15.2. The number of ether oxygens (including phenoxy) is 1. The normalized spacial score (nSPS) is 12.9. The summed E-state index contributed by atoms with van der Waals surface area (Å²) in [6, 6.07) is 64.1. The van der Waals surface area contributed by atoms with E-state index in [1.165, 1.54) is 5.39 Å². The van der Waals surface area contributed by atoms with E-state index in [0.717, 1.165) is 78.1 Å². The van der Waals surface area contributed by atoms with Gasteiger partial charge >= 0.3 is 0 Å². The van der Waals surface area contributed by atoms with Gasteiger partial charge in [0.25, 0.3) is 0 Å².